The van der Waals surface area contributed by atoms with Gasteiger partial charge in [0.2, 0.25) is 5.91 Å². The Morgan fingerprint density at radius 1 is 1.65 bits per heavy atom. The number of halogens is 2. The summed E-state index contributed by atoms with van der Waals surface area (Å²) in [5.74, 6) is -0.0890. The SMILES string of the molecule is CC(=O)N1CC[C@H](n2ncc(C)c2Cl)[C@@H](F)C1. The molecule has 2 heterocycles. The van der Waals surface area contributed by atoms with Crippen molar-refractivity contribution in [2.45, 2.75) is 32.5 Å². The molecule has 0 N–H and O–H groups in total. The zero-order valence-electron chi connectivity index (χ0n) is 9.86. The smallest absolute Gasteiger partial charge is 0.219 e. The molecule has 17 heavy (non-hydrogen) atoms. The first-order valence-corrected chi connectivity index (χ1v) is 5.97. The molecule has 1 amide bonds. The predicted molar refractivity (Wildman–Crippen MR) is 62.8 cm³/mol. The van der Waals surface area contributed by atoms with Gasteiger partial charge in [0.15, 0.2) is 0 Å². The first-order valence-electron chi connectivity index (χ1n) is 5.60. The second-order valence-corrected chi connectivity index (χ2v) is 4.76. The fraction of sp³-hybridized carbons (Fsp3) is 0.636. The van der Waals surface area contributed by atoms with Crippen LogP contribution in [0.25, 0.3) is 0 Å². The molecule has 6 heteroatoms. The van der Waals surface area contributed by atoms with E-state index in [9.17, 15) is 9.18 Å². The predicted octanol–water partition coefficient (Wildman–Crippen LogP) is 1.98. The Bertz CT molecular complexity index is 434. The fourth-order valence-corrected chi connectivity index (χ4v) is 2.34. The van der Waals surface area contributed by atoms with E-state index in [0.717, 1.165) is 5.56 Å². The van der Waals surface area contributed by atoms with Crippen LogP contribution in [0.15, 0.2) is 6.20 Å². The van der Waals surface area contributed by atoms with Crippen LogP contribution in [0.2, 0.25) is 5.15 Å². The number of alkyl halides is 1. The van der Waals surface area contributed by atoms with E-state index in [0.29, 0.717) is 18.1 Å². The van der Waals surface area contributed by atoms with Crippen molar-refractivity contribution in [3.63, 3.8) is 0 Å². The largest absolute Gasteiger partial charge is 0.340 e. The molecule has 0 saturated carbocycles. The summed E-state index contributed by atoms with van der Waals surface area (Å²) in [5, 5.41) is 4.58. The maximum absolute atomic E-state index is 14.0. The number of carbonyl (C=O) groups is 1. The van der Waals surface area contributed by atoms with Crippen molar-refractivity contribution in [2.24, 2.45) is 0 Å². The Labute approximate surface area is 104 Å². The minimum atomic E-state index is -1.12. The zero-order chi connectivity index (χ0) is 12.6. The van der Waals surface area contributed by atoms with Crippen LogP contribution in [0.1, 0.15) is 24.9 Å². The van der Waals surface area contributed by atoms with E-state index in [-0.39, 0.29) is 18.5 Å². The Morgan fingerprint density at radius 3 is 2.82 bits per heavy atom. The van der Waals surface area contributed by atoms with Gasteiger partial charge in [0.05, 0.1) is 18.8 Å². The maximum Gasteiger partial charge on any atom is 0.219 e. The molecular weight excluding hydrogens is 245 g/mol. The minimum absolute atomic E-state index is 0.0890. The second kappa shape index (κ2) is 4.64. The number of aryl methyl sites for hydroxylation is 1. The van der Waals surface area contributed by atoms with E-state index in [1.54, 1.807) is 6.20 Å². The Balaban J connectivity index is 2.15. The molecule has 1 aromatic rings. The molecule has 2 rings (SSSR count). The normalized spacial score (nSPS) is 25.1. The van der Waals surface area contributed by atoms with E-state index >= 15 is 0 Å². The molecule has 0 aromatic carbocycles. The number of carbonyl (C=O) groups excluding carboxylic acids is 1. The number of hydrogen-bond acceptors (Lipinski definition) is 2. The van der Waals surface area contributed by atoms with Gasteiger partial charge in [-0.3, -0.25) is 4.79 Å². The Kier molecular flexibility index (Phi) is 3.38. The first-order chi connectivity index (χ1) is 8.00. The summed E-state index contributed by atoms with van der Waals surface area (Å²) < 4.78 is 15.5. The maximum atomic E-state index is 14.0. The van der Waals surface area contributed by atoms with Crippen LogP contribution < -0.4 is 0 Å². The molecule has 2 atom stereocenters. The average Bonchev–Trinajstić information content (AvgIpc) is 2.60. The number of amides is 1. The standard InChI is InChI=1S/C11H15ClFN3O/c1-7-5-14-16(11(7)12)10-3-4-15(8(2)17)6-9(10)13/h5,9-10H,3-4,6H2,1-2H3/t9-,10-/m0/s1. The number of nitrogens with zero attached hydrogens (tertiary/aromatic N) is 3. The summed E-state index contributed by atoms with van der Waals surface area (Å²) in [7, 11) is 0. The molecule has 0 spiro atoms. The number of likely N-dealkylation sites (tertiary alicyclic amines) is 1. The van der Waals surface area contributed by atoms with Gasteiger partial charge in [0.25, 0.3) is 0 Å². The van der Waals surface area contributed by atoms with Crippen molar-refractivity contribution in [3.8, 4) is 0 Å². The molecule has 0 bridgehead atoms. The van der Waals surface area contributed by atoms with Crippen LogP contribution in [-0.2, 0) is 4.79 Å². The molecule has 1 saturated heterocycles. The van der Waals surface area contributed by atoms with Crippen molar-refractivity contribution in [1.29, 1.82) is 0 Å². The molecule has 4 nitrogen and oxygen atoms in total. The summed E-state index contributed by atoms with van der Waals surface area (Å²) in [5.41, 5.74) is 0.841. The lowest BCUT2D eigenvalue weighted by Gasteiger charge is -2.34. The average molecular weight is 260 g/mol. The van der Waals surface area contributed by atoms with E-state index in [2.05, 4.69) is 5.10 Å². The molecule has 1 aliphatic rings. The molecule has 1 aromatic heterocycles. The van der Waals surface area contributed by atoms with Gasteiger partial charge in [-0.1, -0.05) is 11.6 Å². The van der Waals surface area contributed by atoms with Gasteiger partial charge in [0, 0.05) is 19.0 Å². The number of hydrogen-bond donors (Lipinski definition) is 0. The highest BCUT2D eigenvalue weighted by Gasteiger charge is 2.33. The molecule has 1 fully saturated rings. The number of aromatic nitrogens is 2. The molecule has 0 unspecified atom stereocenters. The van der Waals surface area contributed by atoms with Gasteiger partial charge < -0.3 is 4.90 Å². The molecule has 94 valence electrons. The fourth-order valence-electron chi connectivity index (χ4n) is 2.12. The molecule has 0 radical (unpaired) electrons. The van der Waals surface area contributed by atoms with Crippen LogP contribution in [0.4, 0.5) is 4.39 Å². The van der Waals surface area contributed by atoms with Crippen molar-refractivity contribution in [2.75, 3.05) is 13.1 Å². The van der Waals surface area contributed by atoms with Crippen molar-refractivity contribution < 1.29 is 9.18 Å². The van der Waals surface area contributed by atoms with Crippen molar-refractivity contribution in [3.05, 3.63) is 16.9 Å². The van der Waals surface area contributed by atoms with Gasteiger partial charge >= 0.3 is 0 Å². The lowest BCUT2D eigenvalue weighted by atomic mass is 10.0. The number of piperidine rings is 1. The highest BCUT2D eigenvalue weighted by atomic mass is 35.5. The van der Waals surface area contributed by atoms with E-state index in [1.165, 1.54) is 16.5 Å². The number of rotatable bonds is 1. The van der Waals surface area contributed by atoms with Crippen LogP contribution in [0.3, 0.4) is 0 Å². The molecular formula is C11H15ClFN3O. The monoisotopic (exact) mass is 259 g/mol. The summed E-state index contributed by atoms with van der Waals surface area (Å²) in [4.78, 5) is 12.7. The van der Waals surface area contributed by atoms with E-state index in [4.69, 9.17) is 11.6 Å². The first kappa shape index (κ1) is 12.4. The Morgan fingerprint density at radius 2 is 2.35 bits per heavy atom. The van der Waals surface area contributed by atoms with Crippen LogP contribution in [0.5, 0.6) is 0 Å². The highest BCUT2D eigenvalue weighted by Crippen LogP contribution is 2.29. The van der Waals surface area contributed by atoms with E-state index < -0.39 is 6.17 Å². The minimum Gasteiger partial charge on any atom is -0.340 e. The second-order valence-electron chi connectivity index (χ2n) is 4.40. The molecule has 1 aliphatic heterocycles. The summed E-state index contributed by atoms with van der Waals surface area (Å²) >= 11 is 6.06. The van der Waals surface area contributed by atoms with Crippen molar-refractivity contribution in [1.82, 2.24) is 14.7 Å². The third-order valence-corrected chi connectivity index (χ3v) is 3.64. The lowest BCUT2D eigenvalue weighted by molar-refractivity contribution is -0.131. The van der Waals surface area contributed by atoms with E-state index in [1.807, 2.05) is 6.92 Å². The van der Waals surface area contributed by atoms with Crippen molar-refractivity contribution >= 4 is 17.5 Å². The summed E-state index contributed by atoms with van der Waals surface area (Å²) in [6.07, 6.45) is 1.05. The van der Waals surface area contributed by atoms with Gasteiger partial charge in [-0.25, -0.2) is 9.07 Å². The topological polar surface area (TPSA) is 38.1 Å². The third-order valence-electron chi connectivity index (χ3n) is 3.17. The third kappa shape index (κ3) is 2.29. The van der Waals surface area contributed by atoms with Gasteiger partial charge in [-0.2, -0.15) is 5.10 Å². The van der Waals surface area contributed by atoms with Crippen LogP contribution >= 0.6 is 11.6 Å². The van der Waals surface area contributed by atoms with Crippen LogP contribution in [-0.4, -0.2) is 39.8 Å². The van der Waals surface area contributed by atoms with Gasteiger partial charge in [-0.05, 0) is 13.3 Å². The molecule has 0 aliphatic carbocycles. The summed E-state index contributed by atoms with van der Waals surface area (Å²) in [6, 6.07) is -0.369. The zero-order valence-corrected chi connectivity index (χ0v) is 10.6. The lowest BCUT2D eigenvalue weighted by Crippen LogP contribution is -2.45. The van der Waals surface area contributed by atoms with Gasteiger partial charge in [-0.15, -0.1) is 0 Å². The highest BCUT2D eigenvalue weighted by molar-refractivity contribution is 6.30. The van der Waals surface area contributed by atoms with Crippen LogP contribution in [0, 0.1) is 6.92 Å². The summed E-state index contributed by atoms with van der Waals surface area (Å²) in [6.45, 7) is 3.97. The Hall–Kier alpha value is -1.10. The van der Waals surface area contributed by atoms with Gasteiger partial charge in [0.1, 0.15) is 11.3 Å². The quantitative estimate of drug-likeness (QED) is 0.773.